The molecule has 1 nitrogen and oxygen atoms in total. The van der Waals surface area contributed by atoms with E-state index in [0.717, 1.165) is 0 Å². The van der Waals surface area contributed by atoms with Crippen molar-refractivity contribution >= 4 is 0 Å². The zero-order valence-corrected chi connectivity index (χ0v) is 14.8. The molecule has 0 saturated heterocycles. The van der Waals surface area contributed by atoms with Crippen molar-refractivity contribution in [2.45, 2.75) is 55.4 Å². The quantitative estimate of drug-likeness (QED) is 0.473. The Labute approximate surface area is 129 Å². The van der Waals surface area contributed by atoms with Crippen LogP contribution in [0.5, 0.6) is 0 Å². The van der Waals surface area contributed by atoms with Crippen molar-refractivity contribution in [3.8, 4) is 0 Å². The molecule has 0 fully saturated rings. The molecule has 0 saturated carbocycles. The lowest BCUT2D eigenvalue weighted by Crippen LogP contribution is -2.05. The third-order valence-corrected chi connectivity index (χ3v) is 3.37. The summed E-state index contributed by atoms with van der Waals surface area (Å²) >= 11 is 0. The van der Waals surface area contributed by atoms with E-state index < -0.39 is 11.7 Å². The van der Waals surface area contributed by atoms with E-state index in [0.29, 0.717) is 11.5 Å². The predicted molar refractivity (Wildman–Crippen MR) is 88.4 cm³/mol. The summed E-state index contributed by atoms with van der Waals surface area (Å²) in [5.74, 6) is -1.79. The average molecular weight is 302 g/mol. The van der Waals surface area contributed by atoms with Gasteiger partial charge in [0.1, 0.15) is 0 Å². The van der Waals surface area contributed by atoms with E-state index in [2.05, 4.69) is 0 Å². The first kappa shape index (κ1) is 22.3. The summed E-state index contributed by atoms with van der Waals surface area (Å²) in [6, 6.07) is 0. The first-order chi connectivity index (χ1) is 9.72. The lowest BCUT2D eigenvalue weighted by Gasteiger charge is -2.13. The molecule has 0 aromatic carbocycles. The van der Waals surface area contributed by atoms with Crippen LogP contribution < -0.4 is 0 Å². The van der Waals surface area contributed by atoms with Gasteiger partial charge in [-0.3, -0.25) is 0 Å². The third kappa shape index (κ3) is 8.15. The molecule has 0 aliphatic heterocycles. The van der Waals surface area contributed by atoms with E-state index in [1.54, 1.807) is 13.8 Å². The second-order valence-electron chi connectivity index (χ2n) is 5.50. The summed E-state index contributed by atoms with van der Waals surface area (Å²) in [4.78, 5) is 0. The minimum atomic E-state index is -0.844. The molecule has 2 atom stereocenters. The van der Waals surface area contributed by atoms with E-state index in [-0.39, 0.29) is 24.0 Å². The standard InChI is InChI=1S/C16H26F2O.C2H6/c1-10(2)7-8-11(3)13(5)15(17)16(18)14(6)12(4)9-19;1-2/h7-8,10-12,19H,9H2,1-6H3;1-2H3/b8-7-,15-13-,16-14-;. The SMILES string of the molecule is C/C(=C(F)\C(F)=C(/C)C(C)CO)C(C)/C=C\C(C)C.CC. The Bertz CT molecular complexity index is 379. The van der Waals surface area contributed by atoms with Crippen molar-refractivity contribution in [3.05, 3.63) is 35.0 Å². The fourth-order valence-corrected chi connectivity index (χ4v) is 1.43. The maximum absolute atomic E-state index is 14.0. The van der Waals surface area contributed by atoms with Gasteiger partial charge in [0.05, 0.1) is 0 Å². The topological polar surface area (TPSA) is 20.2 Å². The average Bonchev–Trinajstić information content (AvgIpc) is 2.50. The lowest BCUT2D eigenvalue weighted by molar-refractivity contribution is 0.253. The summed E-state index contributed by atoms with van der Waals surface area (Å²) in [5, 5.41) is 8.98. The first-order valence-corrected chi connectivity index (χ1v) is 7.74. The third-order valence-electron chi connectivity index (χ3n) is 3.37. The molecule has 0 heterocycles. The lowest BCUT2D eigenvalue weighted by atomic mass is 9.96. The van der Waals surface area contributed by atoms with E-state index in [1.165, 1.54) is 6.92 Å². The Morgan fingerprint density at radius 3 is 1.71 bits per heavy atom. The van der Waals surface area contributed by atoms with Gasteiger partial charge in [0, 0.05) is 12.5 Å². The molecule has 21 heavy (non-hydrogen) atoms. The molecule has 1 N–H and O–H groups in total. The number of hydrogen-bond donors (Lipinski definition) is 1. The van der Waals surface area contributed by atoms with Gasteiger partial charge in [-0.25, -0.2) is 8.78 Å². The Kier molecular flexibility index (Phi) is 12.4. The molecule has 0 aliphatic carbocycles. The first-order valence-electron chi connectivity index (χ1n) is 7.74. The summed E-state index contributed by atoms with van der Waals surface area (Å²) in [7, 11) is 0. The highest BCUT2D eigenvalue weighted by atomic mass is 19.2. The monoisotopic (exact) mass is 302 g/mol. The van der Waals surface area contributed by atoms with Crippen LogP contribution >= 0.6 is 0 Å². The summed E-state index contributed by atoms with van der Waals surface area (Å²) in [6.07, 6.45) is 3.87. The molecule has 3 heteroatoms. The minimum absolute atomic E-state index is 0.148. The van der Waals surface area contributed by atoms with Gasteiger partial charge < -0.3 is 5.11 Å². The van der Waals surface area contributed by atoms with Gasteiger partial charge in [-0.05, 0) is 36.8 Å². The number of rotatable bonds is 6. The van der Waals surface area contributed by atoms with Crippen LogP contribution in [0.2, 0.25) is 0 Å². The molecular formula is C18H32F2O. The molecule has 0 radical (unpaired) electrons. The Hall–Kier alpha value is -0.960. The van der Waals surface area contributed by atoms with Crippen LogP contribution in [0.25, 0.3) is 0 Å². The number of halogens is 2. The van der Waals surface area contributed by atoms with Crippen LogP contribution in [0, 0.1) is 17.8 Å². The highest BCUT2D eigenvalue weighted by Crippen LogP contribution is 2.28. The summed E-state index contributed by atoms with van der Waals surface area (Å²) in [5.41, 5.74) is 0.623. The Morgan fingerprint density at radius 2 is 1.33 bits per heavy atom. The molecule has 0 aromatic heterocycles. The number of allylic oxidation sites excluding steroid dienone is 5. The fraction of sp³-hybridized carbons (Fsp3) is 0.667. The molecule has 0 amide bonds. The van der Waals surface area contributed by atoms with Crippen molar-refractivity contribution in [2.24, 2.45) is 17.8 Å². The van der Waals surface area contributed by atoms with Crippen LogP contribution in [-0.2, 0) is 0 Å². The molecule has 124 valence electrons. The van der Waals surface area contributed by atoms with Gasteiger partial charge in [-0.2, -0.15) is 0 Å². The zero-order chi connectivity index (χ0) is 17.2. The second-order valence-corrected chi connectivity index (χ2v) is 5.50. The van der Waals surface area contributed by atoms with E-state index in [1.807, 2.05) is 46.8 Å². The van der Waals surface area contributed by atoms with Crippen molar-refractivity contribution in [3.63, 3.8) is 0 Å². The van der Waals surface area contributed by atoms with Crippen LogP contribution in [0.1, 0.15) is 55.4 Å². The Balaban J connectivity index is 0. The zero-order valence-electron chi connectivity index (χ0n) is 14.8. The smallest absolute Gasteiger partial charge is 0.158 e. The van der Waals surface area contributed by atoms with Gasteiger partial charge in [-0.1, -0.05) is 53.7 Å². The predicted octanol–water partition coefficient (Wildman–Crippen LogP) is 5.98. The molecule has 2 unspecified atom stereocenters. The van der Waals surface area contributed by atoms with Gasteiger partial charge in [0.25, 0.3) is 0 Å². The molecule has 0 aliphatic rings. The van der Waals surface area contributed by atoms with Crippen molar-refractivity contribution in [1.29, 1.82) is 0 Å². The highest BCUT2D eigenvalue weighted by Gasteiger charge is 2.17. The minimum Gasteiger partial charge on any atom is -0.396 e. The second kappa shape index (κ2) is 11.7. The fourth-order valence-electron chi connectivity index (χ4n) is 1.43. The van der Waals surface area contributed by atoms with Gasteiger partial charge >= 0.3 is 0 Å². The Morgan fingerprint density at radius 1 is 0.905 bits per heavy atom. The maximum Gasteiger partial charge on any atom is 0.158 e. The van der Waals surface area contributed by atoms with Crippen LogP contribution in [-0.4, -0.2) is 11.7 Å². The number of aliphatic hydroxyl groups excluding tert-OH is 1. The molecular weight excluding hydrogens is 270 g/mol. The van der Waals surface area contributed by atoms with Crippen LogP contribution in [0.15, 0.2) is 35.0 Å². The molecule has 0 bridgehead atoms. The van der Waals surface area contributed by atoms with Gasteiger partial charge in [0.15, 0.2) is 11.7 Å². The van der Waals surface area contributed by atoms with E-state index >= 15 is 0 Å². The largest absolute Gasteiger partial charge is 0.396 e. The number of hydrogen-bond acceptors (Lipinski definition) is 1. The molecule has 0 rings (SSSR count). The van der Waals surface area contributed by atoms with Crippen LogP contribution in [0.3, 0.4) is 0 Å². The van der Waals surface area contributed by atoms with Crippen molar-refractivity contribution in [2.75, 3.05) is 6.61 Å². The van der Waals surface area contributed by atoms with E-state index in [4.69, 9.17) is 5.11 Å². The summed E-state index contributed by atoms with van der Waals surface area (Å²) < 4.78 is 28.0. The number of aliphatic hydroxyl groups is 1. The van der Waals surface area contributed by atoms with Gasteiger partial charge in [-0.15, -0.1) is 0 Å². The van der Waals surface area contributed by atoms with E-state index in [9.17, 15) is 8.78 Å². The van der Waals surface area contributed by atoms with Gasteiger partial charge in [0.2, 0.25) is 0 Å². The van der Waals surface area contributed by atoms with Crippen molar-refractivity contribution in [1.82, 2.24) is 0 Å². The maximum atomic E-state index is 14.0. The molecule has 0 aromatic rings. The van der Waals surface area contributed by atoms with Crippen molar-refractivity contribution < 1.29 is 13.9 Å². The normalized spacial score (nSPS) is 17.0. The highest BCUT2D eigenvalue weighted by molar-refractivity contribution is 5.31. The molecule has 0 spiro atoms. The van der Waals surface area contributed by atoms with Crippen LogP contribution in [0.4, 0.5) is 8.78 Å². The summed E-state index contributed by atoms with van der Waals surface area (Å²) in [6.45, 7) is 14.5.